The molecule has 0 aliphatic carbocycles. The van der Waals surface area contributed by atoms with Gasteiger partial charge in [-0.2, -0.15) is 13.2 Å². The fourth-order valence-electron chi connectivity index (χ4n) is 1.30. The Bertz CT molecular complexity index is 402. The molecule has 0 unspecified atom stereocenters. The monoisotopic (exact) mass is 232 g/mol. The summed E-state index contributed by atoms with van der Waals surface area (Å²) in [4.78, 5) is 0. The third kappa shape index (κ3) is 2.88. The van der Waals surface area contributed by atoms with Crippen molar-refractivity contribution in [3.05, 3.63) is 29.3 Å². The summed E-state index contributed by atoms with van der Waals surface area (Å²) in [5, 5.41) is 7.05. The van der Waals surface area contributed by atoms with Crippen molar-refractivity contribution in [3.63, 3.8) is 0 Å². The van der Waals surface area contributed by atoms with E-state index in [1.165, 1.54) is 19.2 Å². The van der Waals surface area contributed by atoms with Crippen LogP contribution in [0.4, 0.5) is 13.2 Å². The normalized spacial score (nSPS) is 11.2. The van der Waals surface area contributed by atoms with Gasteiger partial charge in [0.15, 0.2) is 0 Å². The largest absolute Gasteiger partial charge is 0.496 e. The van der Waals surface area contributed by atoms with Gasteiger partial charge in [0.2, 0.25) is 0 Å². The quantitative estimate of drug-likeness (QED) is 0.620. The molecular formula is C10H11F3N2O. The molecule has 0 atom stereocenters. The van der Waals surface area contributed by atoms with E-state index in [1.54, 1.807) is 0 Å². The average Bonchev–Trinajstić information content (AvgIpc) is 2.14. The van der Waals surface area contributed by atoms with Crippen LogP contribution in [0, 0.1) is 5.41 Å². The minimum atomic E-state index is -4.44. The fourth-order valence-corrected chi connectivity index (χ4v) is 1.30. The van der Waals surface area contributed by atoms with Gasteiger partial charge in [-0.3, -0.25) is 5.41 Å². The maximum Gasteiger partial charge on any atom is 0.419 e. The van der Waals surface area contributed by atoms with Crippen molar-refractivity contribution in [2.45, 2.75) is 12.6 Å². The summed E-state index contributed by atoms with van der Waals surface area (Å²) in [7, 11) is 1.17. The Morgan fingerprint density at radius 3 is 2.50 bits per heavy atom. The summed E-state index contributed by atoms with van der Waals surface area (Å²) in [5.41, 5.74) is 4.84. The van der Waals surface area contributed by atoms with Gasteiger partial charge in [0.05, 0.1) is 18.5 Å². The average molecular weight is 232 g/mol. The molecule has 0 fully saturated rings. The Morgan fingerprint density at radius 2 is 2.06 bits per heavy atom. The maximum atomic E-state index is 12.5. The highest BCUT2D eigenvalue weighted by Gasteiger charge is 2.34. The molecule has 3 nitrogen and oxygen atoms in total. The van der Waals surface area contributed by atoms with E-state index in [1.807, 2.05) is 0 Å². The van der Waals surface area contributed by atoms with E-state index < -0.39 is 11.7 Å². The molecule has 0 aromatic heterocycles. The van der Waals surface area contributed by atoms with Gasteiger partial charge in [0.25, 0.3) is 0 Å². The van der Waals surface area contributed by atoms with Crippen LogP contribution in [-0.2, 0) is 12.6 Å². The first-order valence-corrected chi connectivity index (χ1v) is 4.41. The molecule has 0 spiro atoms. The molecular weight excluding hydrogens is 221 g/mol. The number of rotatable bonds is 3. The number of hydrogen-bond acceptors (Lipinski definition) is 2. The number of methoxy groups -OCH3 is 1. The van der Waals surface area contributed by atoms with Crippen LogP contribution in [0.15, 0.2) is 18.2 Å². The third-order valence-electron chi connectivity index (χ3n) is 1.97. The lowest BCUT2D eigenvalue weighted by Crippen LogP contribution is -2.13. The van der Waals surface area contributed by atoms with Crippen LogP contribution in [-0.4, -0.2) is 12.9 Å². The van der Waals surface area contributed by atoms with E-state index in [-0.39, 0.29) is 18.0 Å². The number of ether oxygens (including phenoxy) is 1. The Kier molecular flexibility index (Phi) is 3.41. The van der Waals surface area contributed by atoms with Gasteiger partial charge < -0.3 is 10.5 Å². The molecule has 0 aliphatic heterocycles. The second-order valence-corrected chi connectivity index (χ2v) is 3.23. The van der Waals surface area contributed by atoms with Gasteiger partial charge >= 0.3 is 6.18 Å². The molecule has 1 rings (SSSR count). The van der Waals surface area contributed by atoms with Crippen molar-refractivity contribution < 1.29 is 17.9 Å². The van der Waals surface area contributed by atoms with Crippen LogP contribution in [0.25, 0.3) is 0 Å². The predicted molar refractivity (Wildman–Crippen MR) is 53.6 cm³/mol. The van der Waals surface area contributed by atoms with E-state index >= 15 is 0 Å². The minimum Gasteiger partial charge on any atom is -0.496 e. The summed E-state index contributed by atoms with van der Waals surface area (Å²) in [6, 6.07) is 3.45. The van der Waals surface area contributed by atoms with E-state index in [4.69, 9.17) is 11.1 Å². The second-order valence-electron chi connectivity index (χ2n) is 3.23. The number of nitrogens with two attached hydrogens (primary N) is 1. The SMILES string of the molecule is COc1cc(CC(=N)N)ccc1C(F)(F)F. The minimum absolute atomic E-state index is 0.106. The zero-order valence-corrected chi connectivity index (χ0v) is 8.56. The Hall–Kier alpha value is -1.72. The number of halogens is 3. The number of nitrogens with one attached hydrogen (secondary N) is 1. The summed E-state index contributed by atoms with van der Waals surface area (Å²) < 4.78 is 42.1. The highest BCUT2D eigenvalue weighted by molar-refractivity contribution is 5.79. The lowest BCUT2D eigenvalue weighted by Gasteiger charge is -2.12. The van der Waals surface area contributed by atoms with Gasteiger partial charge in [-0.15, -0.1) is 0 Å². The van der Waals surface area contributed by atoms with Crippen LogP contribution in [0.1, 0.15) is 11.1 Å². The van der Waals surface area contributed by atoms with Gasteiger partial charge in [0, 0.05) is 6.42 Å². The van der Waals surface area contributed by atoms with Crippen molar-refractivity contribution in [1.82, 2.24) is 0 Å². The van der Waals surface area contributed by atoms with E-state index in [0.717, 1.165) is 6.07 Å². The number of amidine groups is 1. The molecule has 0 bridgehead atoms. The van der Waals surface area contributed by atoms with Crippen LogP contribution in [0.5, 0.6) is 5.75 Å². The molecule has 0 saturated heterocycles. The Morgan fingerprint density at radius 1 is 1.44 bits per heavy atom. The topological polar surface area (TPSA) is 59.1 Å². The molecule has 6 heteroatoms. The van der Waals surface area contributed by atoms with Gasteiger partial charge in [-0.05, 0) is 17.7 Å². The Labute approximate surface area is 90.5 Å². The van der Waals surface area contributed by atoms with Crippen LogP contribution < -0.4 is 10.5 Å². The van der Waals surface area contributed by atoms with Gasteiger partial charge in [0.1, 0.15) is 5.75 Å². The molecule has 0 heterocycles. The molecule has 3 N–H and O–H groups in total. The van der Waals surface area contributed by atoms with Crippen molar-refractivity contribution in [2.75, 3.05) is 7.11 Å². The second kappa shape index (κ2) is 4.42. The fraction of sp³-hybridized carbons (Fsp3) is 0.300. The first-order valence-electron chi connectivity index (χ1n) is 4.41. The zero-order chi connectivity index (χ0) is 12.3. The number of benzene rings is 1. The molecule has 0 radical (unpaired) electrons. The maximum absolute atomic E-state index is 12.5. The number of alkyl halides is 3. The summed E-state index contributed by atoms with van der Waals surface area (Å²) >= 11 is 0. The lowest BCUT2D eigenvalue weighted by atomic mass is 10.1. The van der Waals surface area contributed by atoms with E-state index in [2.05, 4.69) is 4.74 Å². The Balaban J connectivity index is 3.12. The standard InChI is InChI=1S/C10H11F3N2O/c1-16-8-4-6(5-9(14)15)2-3-7(8)10(11,12)13/h2-4H,5H2,1H3,(H3,14,15). The summed E-state index contributed by atoms with van der Waals surface area (Å²) in [6.45, 7) is 0. The van der Waals surface area contributed by atoms with Crippen molar-refractivity contribution in [3.8, 4) is 5.75 Å². The van der Waals surface area contributed by atoms with Crippen LogP contribution >= 0.6 is 0 Å². The molecule has 0 saturated carbocycles. The van der Waals surface area contributed by atoms with Crippen LogP contribution in [0.2, 0.25) is 0 Å². The van der Waals surface area contributed by atoms with Crippen molar-refractivity contribution >= 4 is 5.84 Å². The van der Waals surface area contributed by atoms with Crippen molar-refractivity contribution in [2.24, 2.45) is 5.73 Å². The molecule has 16 heavy (non-hydrogen) atoms. The van der Waals surface area contributed by atoms with Gasteiger partial charge in [-0.1, -0.05) is 6.07 Å². The lowest BCUT2D eigenvalue weighted by molar-refractivity contribution is -0.138. The van der Waals surface area contributed by atoms with Crippen LogP contribution in [0.3, 0.4) is 0 Å². The highest BCUT2D eigenvalue weighted by Crippen LogP contribution is 2.36. The highest BCUT2D eigenvalue weighted by atomic mass is 19.4. The smallest absolute Gasteiger partial charge is 0.419 e. The molecule has 1 aromatic rings. The third-order valence-corrected chi connectivity index (χ3v) is 1.97. The van der Waals surface area contributed by atoms with E-state index in [9.17, 15) is 13.2 Å². The van der Waals surface area contributed by atoms with E-state index in [0.29, 0.717) is 5.56 Å². The van der Waals surface area contributed by atoms with Crippen molar-refractivity contribution in [1.29, 1.82) is 5.41 Å². The predicted octanol–water partition coefficient (Wildman–Crippen LogP) is 2.19. The summed E-state index contributed by atoms with van der Waals surface area (Å²) in [5.74, 6) is -0.368. The molecule has 1 aromatic carbocycles. The zero-order valence-electron chi connectivity index (χ0n) is 8.56. The molecule has 88 valence electrons. The molecule has 0 aliphatic rings. The van der Waals surface area contributed by atoms with Gasteiger partial charge in [-0.25, -0.2) is 0 Å². The number of hydrogen-bond donors (Lipinski definition) is 2. The first-order chi connectivity index (χ1) is 7.34. The first kappa shape index (κ1) is 12.4. The molecule has 0 amide bonds. The summed E-state index contributed by atoms with van der Waals surface area (Å²) in [6.07, 6.45) is -4.34.